The third-order valence-corrected chi connectivity index (χ3v) is 4.73. The Balaban J connectivity index is 2.07. The molecule has 1 heterocycles. The number of hydrogen-bond donors (Lipinski definition) is 2. The van der Waals surface area contributed by atoms with Crippen molar-refractivity contribution < 1.29 is 24.2 Å². The highest BCUT2D eigenvalue weighted by atomic mass is 16.5. The molecule has 0 spiro atoms. The molecule has 29 heavy (non-hydrogen) atoms. The van der Waals surface area contributed by atoms with Crippen molar-refractivity contribution in [1.82, 2.24) is 0 Å². The summed E-state index contributed by atoms with van der Waals surface area (Å²) in [5.74, 6) is -1.05. The molecule has 2 N–H and O–H groups in total. The lowest BCUT2D eigenvalue weighted by molar-refractivity contribution is -0.118. The van der Waals surface area contributed by atoms with Gasteiger partial charge in [-0.15, -0.1) is 0 Å². The Morgan fingerprint density at radius 2 is 1.72 bits per heavy atom. The van der Waals surface area contributed by atoms with Crippen molar-refractivity contribution >= 4 is 29.0 Å². The molecule has 2 aromatic carbocycles. The van der Waals surface area contributed by atoms with Crippen LogP contribution in [0.5, 0.6) is 5.75 Å². The number of Topliss-reactive ketones (excluding diaryl/α,β-unsaturated/α-hetero) is 1. The van der Waals surface area contributed by atoms with E-state index in [0.29, 0.717) is 22.7 Å². The van der Waals surface area contributed by atoms with Gasteiger partial charge in [-0.1, -0.05) is 19.1 Å². The van der Waals surface area contributed by atoms with Gasteiger partial charge < -0.3 is 15.2 Å². The molecule has 0 aromatic heterocycles. The maximum Gasteiger partial charge on any atom is 0.294 e. The van der Waals surface area contributed by atoms with Crippen LogP contribution in [0, 0.1) is 0 Å². The van der Waals surface area contributed by atoms with Gasteiger partial charge in [0, 0.05) is 24.7 Å². The van der Waals surface area contributed by atoms with E-state index >= 15 is 0 Å². The van der Waals surface area contributed by atoms with Gasteiger partial charge in [-0.3, -0.25) is 19.3 Å². The summed E-state index contributed by atoms with van der Waals surface area (Å²) < 4.78 is 5.18. The largest absolute Gasteiger partial charge is 0.503 e. The summed E-state index contributed by atoms with van der Waals surface area (Å²) in [7, 11) is 1.55. The van der Waals surface area contributed by atoms with Crippen LogP contribution in [0.4, 0.5) is 11.4 Å². The Bertz CT molecular complexity index is 977. The van der Waals surface area contributed by atoms with E-state index in [9.17, 15) is 19.5 Å². The fourth-order valence-electron chi connectivity index (χ4n) is 3.36. The molecule has 2 amide bonds. The first-order valence-electron chi connectivity index (χ1n) is 9.18. The first-order chi connectivity index (χ1) is 13.9. The van der Waals surface area contributed by atoms with Gasteiger partial charge in [-0.25, -0.2) is 0 Å². The van der Waals surface area contributed by atoms with Gasteiger partial charge in [-0.05, 0) is 42.0 Å². The number of nitrogens with one attached hydrogen (secondary N) is 1. The molecule has 1 unspecified atom stereocenters. The Labute approximate surface area is 168 Å². The molecule has 2 aromatic rings. The lowest BCUT2D eigenvalue weighted by Gasteiger charge is -2.27. The molecule has 1 atom stereocenters. The van der Waals surface area contributed by atoms with Crippen molar-refractivity contribution in [2.75, 3.05) is 17.3 Å². The highest BCUT2D eigenvalue weighted by Crippen LogP contribution is 2.41. The Morgan fingerprint density at radius 3 is 2.24 bits per heavy atom. The molecule has 7 heteroatoms. The molecule has 0 saturated carbocycles. The van der Waals surface area contributed by atoms with Gasteiger partial charge in [0.1, 0.15) is 5.75 Å². The first-order valence-corrected chi connectivity index (χ1v) is 9.18. The number of anilines is 2. The zero-order valence-electron chi connectivity index (χ0n) is 16.4. The predicted molar refractivity (Wildman–Crippen MR) is 109 cm³/mol. The topological polar surface area (TPSA) is 95.9 Å². The Kier molecular flexibility index (Phi) is 5.68. The zero-order valence-corrected chi connectivity index (χ0v) is 16.4. The zero-order chi connectivity index (χ0) is 21.1. The first kappa shape index (κ1) is 20.1. The van der Waals surface area contributed by atoms with Crippen molar-refractivity contribution in [3.8, 4) is 5.75 Å². The molecule has 0 aliphatic carbocycles. The maximum absolute atomic E-state index is 12.9. The van der Waals surface area contributed by atoms with Crippen LogP contribution in [0.15, 0.2) is 59.9 Å². The summed E-state index contributed by atoms with van der Waals surface area (Å²) in [6, 6.07) is 12.9. The average molecular weight is 394 g/mol. The number of rotatable bonds is 6. The van der Waals surface area contributed by atoms with Crippen LogP contribution < -0.4 is 15.0 Å². The second-order valence-electron chi connectivity index (χ2n) is 6.62. The number of nitrogens with zero attached hydrogens (tertiary/aromatic N) is 1. The van der Waals surface area contributed by atoms with Crippen LogP contribution in [0.3, 0.4) is 0 Å². The molecule has 0 saturated heterocycles. The molecule has 150 valence electrons. The molecular weight excluding hydrogens is 372 g/mol. The van der Waals surface area contributed by atoms with Crippen molar-refractivity contribution in [1.29, 1.82) is 0 Å². The minimum absolute atomic E-state index is 0.0774. The molecule has 1 aliphatic rings. The second kappa shape index (κ2) is 8.18. The van der Waals surface area contributed by atoms with Gasteiger partial charge in [-0.2, -0.15) is 0 Å². The number of benzene rings is 2. The number of hydrogen-bond acceptors (Lipinski definition) is 5. The number of carbonyl (C=O) groups excluding carboxylic acids is 3. The fourth-order valence-corrected chi connectivity index (χ4v) is 3.36. The SMILES string of the molecule is CCC(=O)C1=C(O)C(=O)N(c2ccc(NC(C)=O)cc2)C1c1ccc(OC)cc1. The summed E-state index contributed by atoms with van der Waals surface area (Å²) in [6.45, 7) is 3.09. The van der Waals surface area contributed by atoms with E-state index in [-0.39, 0.29) is 23.7 Å². The quantitative estimate of drug-likeness (QED) is 0.781. The van der Waals surface area contributed by atoms with Crippen molar-refractivity contribution in [2.24, 2.45) is 0 Å². The normalized spacial score (nSPS) is 16.2. The van der Waals surface area contributed by atoms with Crippen molar-refractivity contribution in [3.63, 3.8) is 0 Å². The molecule has 0 bridgehead atoms. The van der Waals surface area contributed by atoms with E-state index in [1.165, 1.54) is 11.8 Å². The van der Waals surface area contributed by atoms with E-state index in [1.54, 1.807) is 62.6 Å². The summed E-state index contributed by atoms with van der Waals surface area (Å²) >= 11 is 0. The highest BCUT2D eigenvalue weighted by Gasteiger charge is 2.43. The van der Waals surface area contributed by atoms with Gasteiger partial charge in [0.15, 0.2) is 11.5 Å². The third-order valence-electron chi connectivity index (χ3n) is 4.73. The van der Waals surface area contributed by atoms with Gasteiger partial charge in [0.2, 0.25) is 5.91 Å². The standard InChI is InChI=1S/C22H22N2O5/c1-4-18(26)19-20(14-5-11-17(29-3)12-6-14)24(22(28)21(19)27)16-9-7-15(8-10-16)23-13(2)25/h5-12,20,27H,4H2,1-3H3,(H,23,25). The van der Waals surface area contributed by atoms with Crippen LogP contribution in [0.25, 0.3) is 0 Å². The maximum atomic E-state index is 12.9. The molecule has 1 aliphatic heterocycles. The van der Waals surface area contributed by atoms with Crippen LogP contribution in [-0.4, -0.2) is 29.8 Å². The van der Waals surface area contributed by atoms with Crippen LogP contribution in [0.1, 0.15) is 31.9 Å². The number of methoxy groups -OCH3 is 1. The summed E-state index contributed by atoms with van der Waals surface area (Å²) in [6.07, 6.45) is 0.161. The molecule has 0 fully saturated rings. The van der Waals surface area contributed by atoms with E-state index in [1.807, 2.05) is 0 Å². The Hall–Kier alpha value is -3.61. The minimum atomic E-state index is -0.757. The molecule has 7 nitrogen and oxygen atoms in total. The summed E-state index contributed by atoms with van der Waals surface area (Å²) in [4.78, 5) is 38.1. The van der Waals surface area contributed by atoms with E-state index in [4.69, 9.17) is 4.74 Å². The number of amides is 2. The molecular formula is C22H22N2O5. The van der Waals surface area contributed by atoms with E-state index < -0.39 is 17.7 Å². The average Bonchev–Trinajstić information content (AvgIpc) is 2.98. The summed E-state index contributed by atoms with van der Waals surface area (Å²) in [5.41, 5.74) is 1.82. The highest BCUT2D eigenvalue weighted by molar-refractivity contribution is 6.16. The number of ether oxygens (including phenoxy) is 1. The monoisotopic (exact) mass is 394 g/mol. The van der Waals surface area contributed by atoms with Gasteiger partial charge in [0.05, 0.1) is 18.7 Å². The number of aliphatic hydroxyl groups excluding tert-OH is 1. The van der Waals surface area contributed by atoms with Crippen LogP contribution in [-0.2, 0) is 14.4 Å². The number of carbonyl (C=O) groups is 3. The van der Waals surface area contributed by atoms with Crippen molar-refractivity contribution in [2.45, 2.75) is 26.3 Å². The minimum Gasteiger partial charge on any atom is -0.503 e. The van der Waals surface area contributed by atoms with Gasteiger partial charge >= 0.3 is 0 Å². The lowest BCUT2D eigenvalue weighted by atomic mass is 9.95. The molecule has 0 radical (unpaired) electrons. The van der Waals surface area contributed by atoms with Crippen molar-refractivity contribution in [3.05, 3.63) is 65.4 Å². The van der Waals surface area contributed by atoms with E-state index in [0.717, 1.165) is 0 Å². The van der Waals surface area contributed by atoms with Crippen LogP contribution in [0.2, 0.25) is 0 Å². The smallest absolute Gasteiger partial charge is 0.294 e. The predicted octanol–water partition coefficient (Wildman–Crippen LogP) is 3.53. The van der Waals surface area contributed by atoms with E-state index in [2.05, 4.69) is 5.32 Å². The third kappa shape index (κ3) is 3.85. The fraction of sp³-hybridized carbons (Fsp3) is 0.227. The van der Waals surface area contributed by atoms with Crippen LogP contribution >= 0.6 is 0 Å². The molecule has 3 rings (SSSR count). The van der Waals surface area contributed by atoms with Gasteiger partial charge in [0.25, 0.3) is 5.91 Å². The Morgan fingerprint density at radius 1 is 1.10 bits per heavy atom. The number of ketones is 1. The number of aliphatic hydroxyl groups is 1. The summed E-state index contributed by atoms with van der Waals surface area (Å²) in [5, 5.41) is 13.1. The lowest BCUT2D eigenvalue weighted by Crippen LogP contribution is -2.31. The second-order valence-corrected chi connectivity index (χ2v) is 6.62.